The molecule has 3 aromatic rings. The van der Waals surface area contributed by atoms with Gasteiger partial charge in [-0.2, -0.15) is 0 Å². The number of anilines is 1. The predicted octanol–water partition coefficient (Wildman–Crippen LogP) is 4.34. The van der Waals surface area contributed by atoms with Gasteiger partial charge in [0.1, 0.15) is 10.8 Å². The highest BCUT2D eigenvalue weighted by Crippen LogP contribution is 2.33. The fourth-order valence-corrected chi connectivity index (χ4v) is 4.13. The SMILES string of the molecule is CCOc1ccccc1-c1nc(CC(=O)N2CCc3ccccc32)cs1. The molecule has 4 rings (SSSR count). The van der Waals surface area contributed by atoms with Crippen LogP contribution >= 0.6 is 11.3 Å². The number of para-hydroxylation sites is 2. The molecule has 0 unspecified atom stereocenters. The van der Waals surface area contributed by atoms with E-state index in [0.717, 1.165) is 40.7 Å². The number of nitrogens with zero attached hydrogens (tertiary/aromatic N) is 2. The van der Waals surface area contributed by atoms with Gasteiger partial charge in [-0.25, -0.2) is 4.98 Å². The second-order valence-electron chi connectivity index (χ2n) is 6.17. The fraction of sp³-hybridized carbons (Fsp3) is 0.238. The molecule has 0 N–H and O–H groups in total. The lowest BCUT2D eigenvalue weighted by Crippen LogP contribution is -2.30. The Kier molecular flexibility index (Phi) is 4.71. The Morgan fingerprint density at radius 1 is 1.19 bits per heavy atom. The Bertz CT molecular complexity index is 935. The van der Waals surface area contributed by atoms with Crippen LogP contribution in [0.2, 0.25) is 0 Å². The minimum atomic E-state index is 0.102. The molecule has 0 saturated heterocycles. The van der Waals surface area contributed by atoms with Crippen LogP contribution in [0.15, 0.2) is 53.9 Å². The minimum Gasteiger partial charge on any atom is -0.493 e. The van der Waals surface area contributed by atoms with E-state index in [1.807, 2.05) is 59.7 Å². The van der Waals surface area contributed by atoms with Gasteiger partial charge < -0.3 is 9.64 Å². The van der Waals surface area contributed by atoms with Crippen molar-refractivity contribution in [3.63, 3.8) is 0 Å². The van der Waals surface area contributed by atoms with E-state index in [1.165, 1.54) is 5.56 Å². The molecule has 1 amide bonds. The Morgan fingerprint density at radius 3 is 2.88 bits per heavy atom. The van der Waals surface area contributed by atoms with Crippen molar-refractivity contribution in [2.75, 3.05) is 18.1 Å². The van der Waals surface area contributed by atoms with Crippen LogP contribution in [-0.2, 0) is 17.6 Å². The zero-order valence-electron chi connectivity index (χ0n) is 14.6. The van der Waals surface area contributed by atoms with Gasteiger partial charge >= 0.3 is 0 Å². The van der Waals surface area contributed by atoms with E-state index in [9.17, 15) is 4.79 Å². The maximum atomic E-state index is 12.8. The van der Waals surface area contributed by atoms with Gasteiger partial charge in [0, 0.05) is 17.6 Å². The van der Waals surface area contributed by atoms with Crippen molar-refractivity contribution in [3.05, 3.63) is 65.2 Å². The number of fused-ring (bicyclic) bond motifs is 1. The molecule has 1 aliphatic rings. The monoisotopic (exact) mass is 364 g/mol. The molecule has 0 fully saturated rings. The molecule has 2 heterocycles. The molecule has 1 aliphatic heterocycles. The van der Waals surface area contributed by atoms with Crippen molar-refractivity contribution < 1.29 is 9.53 Å². The van der Waals surface area contributed by atoms with Crippen LogP contribution in [0.3, 0.4) is 0 Å². The van der Waals surface area contributed by atoms with Crippen molar-refractivity contribution >= 4 is 22.9 Å². The Labute approximate surface area is 157 Å². The van der Waals surface area contributed by atoms with Gasteiger partial charge in [0.15, 0.2) is 0 Å². The van der Waals surface area contributed by atoms with Gasteiger partial charge in [-0.15, -0.1) is 11.3 Å². The molecule has 0 saturated carbocycles. The first-order chi connectivity index (χ1) is 12.8. The summed E-state index contributed by atoms with van der Waals surface area (Å²) in [7, 11) is 0. The highest BCUT2D eigenvalue weighted by Gasteiger charge is 2.24. The first-order valence-electron chi connectivity index (χ1n) is 8.81. The van der Waals surface area contributed by atoms with Crippen LogP contribution in [-0.4, -0.2) is 24.0 Å². The molecule has 0 aliphatic carbocycles. The van der Waals surface area contributed by atoms with E-state index < -0.39 is 0 Å². The molecule has 1 aromatic heterocycles. The van der Waals surface area contributed by atoms with Crippen LogP contribution in [0.1, 0.15) is 18.2 Å². The van der Waals surface area contributed by atoms with Gasteiger partial charge in [-0.3, -0.25) is 4.79 Å². The van der Waals surface area contributed by atoms with Gasteiger partial charge in [0.05, 0.1) is 24.3 Å². The maximum Gasteiger partial charge on any atom is 0.233 e. The summed E-state index contributed by atoms with van der Waals surface area (Å²) in [5, 5.41) is 2.86. The van der Waals surface area contributed by atoms with Gasteiger partial charge in [-0.1, -0.05) is 30.3 Å². The van der Waals surface area contributed by atoms with Crippen LogP contribution in [0, 0.1) is 0 Å². The van der Waals surface area contributed by atoms with E-state index in [0.29, 0.717) is 13.0 Å². The van der Waals surface area contributed by atoms with Crippen LogP contribution in [0.4, 0.5) is 5.69 Å². The largest absolute Gasteiger partial charge is 0.493 e. The zero-order valence-corrected chi connectivity index (χ0v) is 15.5. The van der Waals surface area contributed by atoms with Crippen molar-refractivity contribution in [3.8, 4) is 16.3 Å². The smallest absolute Gasteiger partial charge is 0.233 e. The number of carbonyl (C=O) groups excluding carboxylic acids is 1. The maximum absolute atomic E-state index is 12.8. The Hall–Kier alpha value is -2.66. The fourth-order valence-electron chi connectivity index (χ4n) is 3.28. The molecule has 132 valence electrons. The van der Waals surface area contributed by atoms with Crippen LogP contribution in [0.5, 0.6) is 5.75 Å². The van der Waals surface area contributed by atoms with Gasteiger partial charge in [-0.05, 0) is 37.1 Å². The average molecular weight is 364 g/mol. The highest BCUT2D eigenvalue weighted by atomic mass is 32.1. The molecule has 26 heavy (non-hydrogen) atoms. The number of hydrogen-bond acceptors (Lipinski definition) is 4. The van der Waals surface area contributed by atoms with Crippen molar-refractivity contribution in [1.82, 2.24) is 4.98 Å². The van der Waals surface area contributed by atoms with E-state index in [1.54, 1.807) is 11.3 Å². The molecule has 2 aromatic carbocycles. The van der Waals surface area contributed by atoms with Crippen LogP contribution in [0.25, 0.3) is 10.6 Å². The lowest BCUT2D eigenvalue weighted by molar-refractivity contribution is -0.117. The molecule has 0 atom stereocenters. The van der Waals surface area contributed by atoms with Gasteiger partial charge in [0.25, 0.3) is 0 Å². The van der Waals surface area contributed by atoms with Crippen molar-refractivity contribution in [2.24, 2.45) is 0 Å². The zero-order chi connectivity index (χ0) is 17.9. The normalized spacial score (nSPS) is 12.9. The van der Waals surface area contributed by atoms with Crippen molar-refractivity contribution in [1.29, 1.82) is 0 Å². The van der Waals surface area contributed by atoms with E-state index in [-0.39, 0.29) is 5.91 Å². The van der Waals surface area contributed by atoms with Gasteiger partial charge in [0.2, 0.25) is 5.91 Å². The topological polar surface area (TPSA) is 42.4 Å². The number of rotatable bonds is 5. The number of benzene rings is 2. The third-order valence-corrected chi connectivity index (χ3v) is 5.41. The average Bonchev–Trinajstić information content (AvgIpc) is 3.29. The number of carbonyl (C=O) groups is 1. The second kappa shape index (κ2) is 7.30. The lowest BCUT2D eigenvalue weighted by Gasteiger charge is -2.16. The quantitative estimate of drug-likeness (QED) is 0.676. The van der Waals surface area contributed by atoms with E-state index in [4.69, 9.17) is 4.74 Å². The Morgan fingerprint density at radius 2 is 2.00 bits per heavy atom. The second-order valence-corrected chi connectivity index (χ2v) is 7.03. The summed E-state index contributed by atoms with van der Waals surface area (Å²) in [4.78, 5) is 19.3. The Balaban J connectivity index is 1.52. The molecular weight excluding hydrogens is 344 g/mol. The molecule has 0 radical (unpaired) electrons. The first-order valence-corrected chi connectivity index (χ1v) is 9.69. The summed E-state index contributed by atoms with van der Waals surface area (Å²) >= 11 is 1.55. The third kappa shape index (κ3) is 3.22. The standard InChI is InChI=1S/C21H20N2O2S/c1-2-25-19-10-6-4-8-17(19)21-22-16(14-26-21)13-20(24)23-12-11-15-7-3-5-9-18(15)23/h3-10,14H,2,11-13H2,1H3. The summed E-state index contributed by atoms with van der Waals surface area (Å²) in [6.45, 7) is 3.33. The number of hydrogen-bond donors (Lipinski definition) is 0. The van der Waals surface area contributed by atoms with E-state index in [2.05, 4.69) is 11.1 Å². The number of thiazole rings is 1. The number of ether oxygens (including phenoxy) is 1. The lowest BCUT2D eigenvalue weighted by atomic mass is 10.2. The molecule has 4 nitrogen and oxygen atoms in total. The van der Waals surface area contributed by atoms with E-state index >= 15 is 0 Å². The summed E-state index contributed by atoms with van der Waals surface area (Å²) in [6.07, 6.45) is 1.24. The summed E-state index contributed by atoms with van der Waals surface area (Å²) in [5.74, 6) is 0.931. The summed E-state index contributed by atoms with van der Waals surface area (Å²) < 4.78 is 5.69. The first kappa shape index (κ1) is 16.8. The molecule has 0 spiro atoms. The highest BCUT2D eigenvalue weighted by molar-refractivity contribution is 7.13. The minimum absolute atomic E-state index is 0.102. The molecule has 5 heteroatoms. The number of amides is 1. The number of aromatic nitrogens is 1. The predicted molar refractivity (Wildman–Crippen MR) is 105 cm³/mol. The molecular formula is C21H20N2O2S. The van der Waals surface area contributed by atoms with Crippen LogP contribution < -0.4 is 9.64 Å². The molecule has 0 bridgehead atoms. The third-order valence-electron chi connectivity index (χ3n) is 4.49. The summed E-state index contributed by atoms with van der Waals surface area (Å²) in [6, 6.07) is 16.0. The van der Waals surface area contributed by atoms with Crippen molar-refractivity contribution in [2.45, 2.75) is 19.8 Å². The summed E-state index contributed by atoms with van der Waals surface area (Å²) in [5.41, 5.74) is 4.07.